The number of halogens is 2. The number of rotatable bonds is 4. The van der Waals surface area contributed by atoms with E-state index in [4.69, 9.17) is 16.3 Å². The minimum atomic E-state index is -0.630. The van der Waals surface area contributed by atoms with Crippen molar-refractivity contribution in [2.75, 3.05) is 20.7 Å². The van der Waals surface area contributed by atoms with Gasteiger partial charge < -0.3 is 38.3 Å². The number of hydrogen-bond acceptors (Lipinski definition) is 3. The Labute approximate surface area is 165 Å². The Morgan fingerprint density at radius 3 is 2.29 bits per heavy atom. The average molecular weight is 466 g/mol. The minimum Gasteiger partial charge on any atom is -1.00 e. The van der Waals surface area contributed by atoms with Gasteiger partial charge >= 0.3 is 5.97 Å². The lowest BCUT2D eigenvalue weighted by Gasteiger charge is -2.44. The van der Waals surface area contributed by atoms with Gasteiger partial charge in [-0.2, -0.15) is 0 Å². The maximum absolute atomic E-state index is 12.5. The van der Waals surface area contributed by atoms with Gasteiger partial charge in [0.15, 0.2) is 0 Å². The number of aliphatic hydroxyl groups excluding tert-OH is 1. The molecule has 2 heterocycles. The number of quaternary nitrogens is 1. The third-order valence-electron chi connectivity index (χ3n) is 5.81. The van der Waals surface area contributed by atoms with E-state index in [1.54, 1.807) is 24.3 Å². The predicted octanol–water partition coefficient (Wildman–Crippen LogP) is -0.267. The molecule has 2 saturated heterocycles. The summed E-state index contributed by atoms with van der Waals surface area (Å²) in [5.74, 6) is -0.958. The van der Waals surface area contributed by atoms with Crippen molar-refractivity contribution in [1.82, 2.24) is 0 Å². The molecule has 0 saturated carbocycles. The zero-order valence-electron chi connectivity index (χ0n) is 14.1. The molecule has 3 rings (SSSR count). The van der Waals surface area contributed by atoms with Gasteiger partial charge in [-0.1, -0.05) is 23.7 Å². The van der Waals surface area contributed by atoms with E-state index in [1.807, 2.05) is 0 Å². The second-order valence-electron chi connectivity index (χ2n) is 7.33. The maximum atomic E-state index is 12.5. The van der Waals surface area contributed by atoms with Crippen LogP contribution in [-0.4, -0.2) is 54.4 Å². The van der Waals surface area contributed by atoms with Gasteiger partial charge in [-0.15, -0.1) is 0 Å². The summed E-state index contributed by atoms with van der Waals surface area (Å²) in [6.07, 6.45) is 4.26. The first-order chi connectivity index (χ1) is 10.9. The number of carbonyl (C=O) groups excluding carboxylic acids is 1. The van der Waals surface area contributed by atoms with Crippen molar-refractivity contribution in [3.8, 4) is 0 Å². The van der Waals surface area contributed by atoms with Crippen LogP contribution in [0.25, 0.3) is 0 Å². The summed E-state index contributed by atoms with van der Waals surface area (Å²) in [4.78, 5) is 12.5. The number of nitrogens with zero attached hydrogens (tertiary/aromatic N) is 1. The zero-order chi connectivity index (χ0) is 16.6. The van der Waals surface area contributed by atoms with Crippen LogP contribution in [0.4, 0.5) is 0 Å². The largest absolute Gasteiger partial charge is 1.00 e. The monoisotopic (exact) mass is 465 g/mol. The Morgan fingerprint density at radius 1 is 1.25 bits per heavy atom. The van der Waals surface area contributed by atoms with E-state index in [-0.39, 0.29) is 42.7 Å². The van der Waals surface area contributed by atoms with Gasteiger partial charge in [0.2, 0.25) is 0 Å². The van der Waals surface area contributed by atoms with Crippen LogP contribution in [0.3, 0.4) is 0 Å². The topological polar surface area (TPSA) is 46.5 Å². The maximum Gasteiger partial charge on any atom is 0.316 e. The van der Waals surface area contributed by atoms with Gasteiger partial charge in [0, 0.05) is 30.7 Å². The highest BCUT2D eigenvalue weighted by molar-refractivity contribution is 6.30. The van der Waals surface area contributed by atoms with Crippen molar-refractivity contribution in [3.05, 3.63) is 34.9 Å². The van der Waals surface area contributed by atoms with Crippen molar-refractivity contribution < 1.29 is 43.1 Å². The third-order valence-corrected chi connectivity index (χ3v) is 6.06. The van der Waals surface area contributed by atoms with Crippen molar-refractivity contribution in [1.29, 1.82) is 0 Å². The second kappa shape index (κ2) is 7.89. The van der Waals surface area contributed by atoms with Crippen molar-refractivity contribution >= 4 is 17.6 Å². The average Bonchev–Trinajstić information content (AvgIpc) is 2.67. The fraction of sp³-hybridized carbons (Fsp3) is 0.611. The lowest BCUT2D eigenvalue weighted by Crippen LogP contribution is -3.00. The SMILES string of the molecule is C[N+]1(C)[C@@H]2CC[C@H]1CC(OC(=O)[C@@H](CO)c1ccc(Cl)cc1)C2.[I-]. The number of ether oxygens (including phenoxy) is 1. The summed E-state index contributed by atoms with van der Waals surface area (Å²) in [7, 11) is 4.56. The van der Waals surface area contributed by atoms with Crippen molar-refractivity contribution in [2.24, 2.45) is 0 Å². The molecule has 4 nitrogen and oxygen atoms in total. The van der Waals surface area contributed by atoms with Crippen molar-refractivity contribution in [3.63, 3.8) is 0 Å². The molecule has 2 aliphatic rings. The molecule has 0 radical (unpaired) electrons. The summed E-state index contributed by atoms with van der Waals surface area (Å²) in [5.41, 5.74) is 0.747. The molecule has 0 aromatic heterocycles. The van der Waals surface area contributed by atoms with Gasteiger partial charge in [-0.05, 0) is 17.7 Å². The molecule has 134 valence electrons. The smallest absolute Gasteiger partial charge is 0.316 e. The summed E-state index contributed by atoms with van der Waals surface area (Å²) in [5, 5.41) is 10.2. The number of carbonyl (C=O) groups is 1. The molecule has 4 atom stereocenters. The molecule has 0 aliphatic carbocycles. The highest BCUT2D eigenvalue weighted by Crippen LogP contribution is 2.40. The highest BCUT2D eigenvalue weighted by Gasteiger charge is 2.50. The molecule has 1 unspecified atom stereocenters. The van der Waals surface area contributed by atoms with Gasteiger partial charge in [0.05, 0.1) is 32.8 Å². The van der Waals surface area contributed by atoms with Crippen molar-refractivity contribution in [2.45, 2.75) is 49.8 Å². The molecule has 2 bridgehead atoms. The number of fused-ring (bicyclic) bond motifs is 2. The quantitative estimate of drug-likeness (QED) is 0.378. The fourth-order valence-corrected chi connectivity index (χ4v) is 4.31. The molecular weight excluding hydrogens is 441 g/mol. The molecule has 2 fully saturated rings. The Bertz CT molecular complexity index is 562. The van der Waals surface area contributed by atoms with E-state index < -0.39 is 5.92 Å². The normalized spacial score (nSPS) is 28.8. The first kappa shape index (κ1) is 19.9. The molecule has 1 aromatic rings. The molecule has 0 amide bonds. The predicted molar refractivity (Wildman–Crippen MR) is 89.3 cm³/mol. The van der Waals surface area contributed by atoms with Crippen LogP contribution in [0.5, 0.6) is 0 Å². The van der Waals surface area contributed by atoms with E-state index in [1.165, 1.54) is 12.8 Å². The fourth-order valence-electron chi connectivity index (χ4n) is 4.18. The number of piperidine rings is 1. The standard InChI is InChI=1S/C18H25ClNO3.HI/c1-20(2)14-7-8-15(20)10-16(9-14)23-18(22)17(11-21)12-3-5-13(19)6-4-12;/h3-6,14-17,21H,7-11H2,1-2H3;1H/q+1;/p-1/t14-,15+,16?,17-;/m0./s1. The van der Waals surface area contributed by atoms with Crippen LogP contribution in [0.1, 0.15) is 37.2 Å². The number of benzene rings is 1. The Balaban J connectivity index is 0.00000208. The minimum absolute atomic E-state index is 0. The Kier molecular flexibility index (Phi) is 6.56. The molecule has 6 heteroatoms. The van der Waals surface area contributed by atoms with Gasteiger partial charge in [0.25, 0.3) is 0 Å². The number of aliphatic hydroxyl groups is 1. The summed E-state index contributed by atoms with van der Waals surface area (Å²) in [6, 6.07) is 8.16. The van der Waals surface area contributed by atoms with E-state index in [0.29, 0.717) is 17.1 Å². The summed E-state index contributed by atoms with van der Waals surface area (Å²) >= 11 is 5.88. The molecular formula is C18H25ClINO3. The first-order valence-corrected chi connectivity index (χ1v) is 8.69. The highest BCUT2D eigenvalue weighted by atomic mass is 127. The van der Waals surface area contributed by atoms with Gasteiger partial charge in [-0.3, -0.25) is 4.79 Å². The van der Waals surface area contributed by atoms with Crippen LogP contribution in [-0.2, 0) is 9.53 Å². The number of hydrogen-bond donors (Lipinski definition) is 1. The van der Waals surface area contributed by atoms with E-state index in [9.17, 15) is 9.90 Å². The van der Waals surface area contributed by atoms with E-state index in [2.05, 4.69) is 14.1 Å². The zero-order valence-corrected chi connectivity index (χ0v) is 17.0. The number of esters is 1. The van der Waals surface area contributed by atoms with Crippen LogP contribution < -0.4 is 24.0 Å². The van der Waals surface area contributed by atoms with Gasteiger partial charge in [0.1, 0.15) is 12.0 Å². The van der Waals surface area contributed by atoms with E-state index >= 15 is 0 Å². The van der Waals surface area contributed by atoms with E-state index in [0.717, 1.165) is 22.9 Å². The summed E-state index contributed by atoms with van der Waals surface area (Å²) < 4.78 is 6.81. The first-order valence-electron chi connectivity index (χ1n) is 8.32. The van der Waals surface area contributed by atoms with Crippen LogP contribution >= 0.6 is 11.6 Å². The molecule has 0 spiro atoms. The van der Waals surface area contributed by atoms with Gasteiger partial charge in [-0.25, -0.2) is 0 Å². The molecule has 24 heavy (non-hydrogen) atoms. The van der Waals surface area contributed by atoms with Crippen LogP contribution in [0.15, 0.2) is 24.3 Å². The molecule has 1 aromatic carbocycles. The molecule has 1 N–H and O–H groups in total. The lowest BCUT2D eigenvalue weighted by atomic mass is 9.96. The van der Waals surface area contributed by atoms with Crippen LogP contribution in [0, 0.1) is 0 Å². The second-order valence-corrected chi connectivity index (χ2v) is 7.77. The Morgan fingerprint density at radius 2 is 1.79 bits per heavy atom. The summed E-state index contributed by atoms with van der Waals surface area (Å²) in [6.45, 7) is -0.248. The molecule has 2 aliphatic heterocycles. The lowest BCUT2D eigenvalue weighted by molar-refractivity contribution is -0.931. The third kappa shape index (κ3) is 3.89. The Hall–Kier alpha value is -0.370. The van der Waals surface area contributed by atoms with Crippen LogP contribution in [0.2, 0.25) is 5.02 Å².